The van der Waals surface area contributed by atoms with Crippen molar-refractivity contribution in [1.29, 1.82) is 0 Å². The lowest BCUT2D eigenvalue weighted by atomic mass is 10.4. The standard InChI is InChI=1S/C15H13Cl2N3Si/c16-12-1-5-14(6-2-12)21(11-20-10-18-9-19-20)15-7-3-13(17)4-8-15/h1-10,21H,11H2. The molecule has 0 fully saturated rings. The summed E-state index contributed by atoms with van der Waals surface area (Å²) >= 11 is 12.0. The predicted molar refractivity (Wildman–Crippen MR) is 89.3 cm³/mol. The van der Waals surface area contributed by atoms with Gasteiger partial charge >= 0.3 is 0 Å². The van der Waals surface area contributed by atoms with Gasteiger partial charge in [-0.25, -0.2) is 4.98 Å². The van der Waals surface area contributed by atoms with Crippen molar-refractivity contribution in [2.45, 2.75) is 6.17 Å². The van der Waals surface area contributed by atoms with Crippen LogP contribution < -0.4 is 10.4 Å². The zero-order valence-electron chi connectivity index (χ0n) is 11.2. The van der Waals surface area contributed by atoms with Gasteiger partial charge in [-0.1, -0.05) is 57.8 Å². The maximum absolute atomic E-state index is 6.00. The molecule has 0 aliphatic heterocycles. The zero-order valence-corrected chi connectivity index (χ0v) is 13.8. The SMILES string of the molecule is Clc1ccc([SiH](Cn2cncn2)c2ccc(Cl)cc2)cc1. The lowest BCUT2D eigenvalue weighted by Crippen LogP contribution is -2.46. The van der Waals surface area contributed by atoms with Crippen molar-refractivity contribution in [2.24, 2.45) is 0 Å². The van der Waals surface area contributed by atoms with Gasteiger partial charge in [0.2, 0.25) is 0 Å². The van der Waals surface area contributed by atoms with E-state index >= 15 is 0 Å². The lowest BCUT2D eigenvalue weighted by molar-refractivity contribution is 0.734. The van der Waals surface area contributed by atoms with Crippen LogP contribution in [0.15, 0.2) is 61.2 Å². The fourth-order valence-corrected chi connectivity index (χ4v) is 5.24. The maximum atomic E-state index is 6.00. The molecule has 0 aliphatic rings. The normalized spacial score (nSPS) is 11.0. The van der Waals surface area contributed by atoms with Crippen LogP contribution in [-0.2, 0) is 6.17 Å². The number of hydrogen-bond acceptors (Lipinski definition) is 2. The first kappa shape index (κ1) is 14.3. The number of aromatic nitrogens is 3. The highest BCUT2D eigenvalue weighted by atomic mass is 35.5. The summed E-state index contributed by atoms with van der Waals surface area (Å²) in [6.45, 7) is 0. The van der Waals surface area contributed by atoms with Gasteiger partial charge in [-0.3, -0.25) is 4.68 Å². The average molecular weight is 334 g/mol. The molecule has 0 amide bonds. The van der Waals surface area contributed by atoms with Crippen LogP contribution in [0.3, 0.4) is 0 Å². The summed E-state index contributed by atoms with van der Waals surface area (Å²) in [7, 11) is -1.44. The van der Waals surface area contributed by atoms with Gasteiger partial charge in [0.05, 0.1) is 0 Å². The number of hydrogen-bond donors (Lipinski definition) is 0. The smallest absolute Gasteiger partial charge is 0.137 e. The Kier molecular flexibility index (Phi) is 4.38. The molecule has 0 saturated heterocycles. The van der Waals surface area contributed by atoms with Crippen molar-refractivity contribution in [1.82, 2.24) is 14.8 Å². The monoisotopic (exact) mass is 333 g/mol. The van der Waals surface area contributed by atoms with Gasteiger partial charge in [0, 0.05) is 16.2 Å². The average Bonchev–Trinajstić information content (AvgIpc) is 3.00. The first-order valence-electron chi connectivity index (χ1n) is 6.56. The van der Waals surface area contributed by atoms with Crippen molar-refractivity contribution < 1.29 is 0 Å². The van der Waals surface area contributed by atoms with Gasteiger partial charge in [-0.15, -0.1) is 0 Å². The minimum Gasteiger partial charge on any atom is -0.255 e. The maximum Gasteiger partial charge on any atom is 0.137 e. The molecule has 1 heterocycles. The van der Waals surface area contributed by atoms with E-state index in [4.69, 9.17) is 23.2 Å². The Morgan fingerprint density at radius 1 is 0.857 bits per heavy atom. The fraction of sp³-hybridized carbons (Fsp3) is 0.0667. The van der Waals surface area contributed by atoms with Crippen molar-refractivity contribution in [3.8, 4) is 0 Å². The topological polar surface area (TPSA) is 30.7 Å². The summed E-state index contributed by atoms with van der Waals surface area (Å²) in [6.07, 6.45) is 4.17. The van der Waals surface area contributed by atoms with E-state index in [1.54, 1.807) is 12.7 Å². The van der Waals surface area contributed by atoms with Gasteiger partial charge in [0.25, 0.3) is 0 Å². The third-order valence-electron chi connectivity index (χ3n) is 3.38. The summed E-state index contributed by atoms with van der Waals surface area (Å²) in [5, 5.41) is 8.37. The minimum absolute atomic E-state index is 0.753. The zero-order chi connectivity index (χ0) is 14.7. The number of benzene rings is 2. The van der Waals surface area contributed by atoms with Gasteiger partial charge in [-0.2, -0.15) is 5.10 Å². The van der Waals surface area contributed by atoms with E-state index in [0.29, 0.717) is 0 Å². The van der Waals surface area contributed by atoms with E-state index in [1.807, 2.05) is 28.9 Å². The summed E-state index contributed by atoms with van der Waals surface area (Å²) in [6, 6.07) is 16.2. The molecule has 0 atom stereocenters. The second kappa shape index (κ2) is 6.43. The highest BCUT2D eigenvalue weighted by Gasteiger charge is 2.17. The Morgan fingerprint density at radius 3 is 1.81 bits per heavy atom. The Labute approximate surface area is 134 Å². The minimum atomic E-state index is -1.44. The fourth-order valence-electron chi connectivity index (χ4n) is 2.31. The number of nitrogens with zero attached hydrogens (tertiary/aromatic N) is 3. The molecule has 6 heteroatoms. The van der Waals surface area contributed by atoms with Gasteiger partial charge < -0.3 is 0 Å². The highest BCUT2D eigenvalue weighted by molar-refractivity contribution is 6.84. The van der Waals surface area contributed by atoms with Crippen LogP contribution in [0.25, 0.3) is 0 Å². The Morgan fingerprint density at radius 2 is 1.38 bits per heavy atom. The molecule has 3 aromatic rings. The molecule has 3 nitrogen and oxygen atoms in total. The molecule has 0 spiro atoms. The third-order valence-corrected chi connectivity index (χ3v) is 7.00. The highest BCUT2D eigenvalue weighted by Crippen LogP contribution is 2.07. The van der Waals surface area contributed by atoms with Crippen molar-refractivity contribution >= 4 is 42.4 Å². The molecule has 1 aromatic heterocycles. The van der Waals surface area contributed by atoms with E-state index in [2.05, 4.69) is 34.3 Å². The van der Waals surface area contributed by atoms with E-state index in [-0.39, 0.29) is 0 Å². The van der Waals surface area contributed by atoms with E-state index in [0.717, 1.165) is 16.2 Å². The quantitative estimate of drug-likeness (QED) is 0.685. The first-order valence-corrected chi connectivity index (χ1v) is 9.28. The molecule has 0 radical (unpaired) electrons. The van der Waals surface area contributed by atoms with E-state index < -0.39 is 8.80 Å². The van der Waals surface area contributed by atoms with Crippen molar-refractivity contribution in [3.05, 3.63) is 71.2 Å². The number of rotatable bonds is 4. The summed E-state index contributed by atoms with van der Waals surface area (Å²) in [5.41, 5.74) is 0. The Balaban J connectivity index is 1.97. The molecule has 0 unspecified atom stereocenters. The van der Waals surface area contributed by atoms with Crippen LogP contribution in [0.1, 0.15) is 0 Å². The third kappa shape index (κ3) is 3.53. The lowest BCUT2D eigenvalue weighted by Gasteiger charge is -2.16. The molecule has 21 heavy (non-hydrogen) atoms. The molecule has 0 bridgehead atoms. The van der Waals surface area contributed by atoms with Crippen LogP contribution in [0.4, 0.5) is 0 Å². The van der Waals surface area contributed by atoms with Crippen molar-refractivity contribution in [3.63, 3.8) is 0 Å². The van der Waals surface area contributed by atoms with Crippen molar-refractivity contribution in [2.75, 3.05) is 0 Å². The van der Waals surface area contributed by atoms with E-state index in [1.165, 1.54) is 10.4 Å². The van der Waals surface area contributed by atoms with Crippen LogP contribution >= 0.6 is 23.2 Å². The molecule has 3 rings (SSSR count). The van der Waals surface area contributed by atoms with Gasteiger partial charge in [0.1, 0.15) is 21.5 Å². The van der Waals surface area contributed by atoms with Crippen LogP contribution in [0.2, 0.25) is 10.0 Å². The summed E-state index contributed by atoms with van der Waals surface area (Å²) in [5.74, 6) is 0. The molecule has 0 N–H and O–H groups in total. The molecule has 0 aliphatic carbocycles. The summed E-state index contributed by atoms with van der Waals surface area (Å²) < 4.78 is 1.89. The second-order valence-electron chi connectivity index (χ2n) is 4.77. The predicted octanol–water partition coefficient (Wildman–Crippen LogP) is 2.17. The molecular formula is C15H13Cl2N3Si. The van der Waals surface area contributed by atoms with Gasteiger partial charge in [0.15, 0.2) is 0 Å². The number of halogens is 2. The first-order chi connectivity index (χ1) is 10.2. The summed E-state index contributed by atoms with van der Waals surface area (Å²) in [4.78, 5) is 4.02. The van der Waals surface area contributed by atoms with Crippen LogP contribution in [0, 0.1) is 0 Å². The van der Waals surface area contributed by atoms with Crippen LogP contribution in [-0.4, -0.2) is 23.6 Å². The molecule has 0 saturated carbocycles. The second-order valence-corrected chi connectivity index (χ2v) is 8.45. The Bertz CT molecular complexity index is 651. The molecule has 106 valence electrons. The Hall–Kier alpha value is -1.62. The largest absolute Gasteiger partial charge is 0.255 e. The van der Waals surface area contributed by atoms with E-state index in [9.17, 15) is 0 Å². The van der Waals surface area contributed by atoms with Gasteiger partial charge in [-0.05, 0) is 24.3 Å². The molecule has 2 aromatic carbocycles. The molecular weight excluding hydrogens is 321 g/mol. The van der Waals surface area contributed by atoms with Crippen LogP contribution in [0.5, 0.6) is 0 Å².